The van der Waals surface area contributed by atoms with Crippen LogP contribution in [0.15, 0.2) is 51.7 Å². The maximum Gasteiger partial charge on any atom is 0.253 e. The van der Waals surface area contributed by atoms with Crippen LogP contribution in [0.5, 0.6) is 0 Å². The van der Waals surface area contributed by atoms with Gasteiger partial charge < -0.3 is 8.94 Å². The first-order valence-electron chi connectivity index (χ1n) is 10.8. The predicted molar refractivity (Wildman–Crippen MR) is 115 cm³/mol. The fourth-order valence-corrected chi connectivity index (χ4v) is 4.21. The first-order chi connectivity index (χ1) is 15.2. The quantitative estimate of drug-likeness (QED) is 0.461. The maximum absolute atomic E-state index is 6.03. The van der Waals surface area contributed by atoms with Crippen LogP contribution >= 0.6 is 0 Å². The number of nitrogens with zero attached hydrogens (tertiary/aromatic N) is 6. The van der Waals surface area contributed by atoms with Gasteiger partial charge in [0, 0.05) is 18.3 Å². The molecule has 1 saturated heterocycles. The molecule has 0 atom stereocenters. The minimum Gasteiger partial charge on any atom is -0.419 e. The zero-order valence-electron chi connectivity index (χ0n) is 17.9. The Balaban J connectivity index is 1.26. The van der Waals surface area contributed by atoms with Crippen LogP contribution in [0.3, 0.4) is 0 Å². The molecule has 160 valence electrons. The van der Waals surface area contributed by atoms with Gasteiger partial charge in [0.15, 0.2) is 0 Å². The molecule has 3 aromatic heterocycles. The van der Waals surface area contributed by atoms with E-state index in [-0.39, 0.29) is 0 Å². The van der Waals surface area contributed by atoms with Gasteiger partial charge in [-0.05, 0) is 51.3 Å². The molecule has 1 aromatic carbocycles. The zero-order chi connectivity index (χ0) is 21.2. The summed E-state index contributed by atoms with van der Waals surface area (Å²) in [5.41, 5.74) is 3.79. The standard InChI is InChI=1S/C23H26N6O2/c1-3-29-14-19(13-24-29)17-9-11-28(12-10-17)15-20-25-26-23(30-20)21-16(2)31-27-22(21)18-7-5-4-6-8-18/h4-8,13-14,17H,3,9-12,15H2,1-2H3. The Bertz CT molecular complexity index is 1140. The van der Waals surface area contributed by atoms with E-state index >= 15 is 0 Å². The van der Waals surface area contributed by atoms with Gasteiger partial charge in [-0.3, -0.25) is 9.58 Å². The highest BCUT2D eigenvalue weighted by atomic mass is 16.5. The summed E-state index contributed by atoms with van der Waals surface area (Å²) >= 11 is 0. The minimum absolute atomic E-state index is 0.453. The van der Waals surface area contributed by atoms with Crippen LogP contribution in [0, 0.1) is 6.92 Å². The Hall–Kier alpha value is -3.26. The number of hydrogen-bond acceptors (Lipinski definition) is 7. The summed E-state index contributed by atoms with van der Waals surface area (Å²) in [6.45, 7) is 7.55. The number of aryl methyl sites for hydroxylation is 2. The van der Waals surface area contributed by atoms with Gasteiger partial charge in [0.2, 0.25) is 5.89 Å². The predicted octanol–water partition coefficient (Wildman–Crippen LogP) is 4.30. The van der Waals surface area contributed by atoms with Crippen molar-refractivity contribution in [2.45, 2.75) is 45.7 Å². The molecule has 0 saturated carbocycles. The Morgan fingerprint density at radius 1 is 1.10 bits per heavy atom. The molecule has 0 aliphatic carbocycles. The van der Waals surface area contributed by atoms with E-state index in [2.05, 4.69) is 38.5 Å². The third-order valence-corrected chi connectivity index (χ3v) is 5.99. The van der Waals surface area contributed by atoms with Crippen molar-refractivity contribution >= 4 is 0 Å². The molecular weight excluding hydrogens is 392 g/mol. The normalized spacial score (nSPS) is 15.5. The van der Waals surface area contributed by atoms with Crippen molar-refractivity contribution in [2.24, 2.45) is 0 Å². The van der Waals surface area contributed by atoms with Crippen molar-refractivity contribution < 1.29 is 8.94 Å². The monoisotopic (exact) mass is 418 g/mol. The summed E-state index contributed by atoms with van der Waals surface area (Å²) in [5, 5.41) is 17.2. The first kappa shape index (κ1) is 19.7. The van der Waals surface area contributed by atoms with E-state index in [1.807, 2.05) is 48.1 Å². The van der Waals surface area contributed by atoms with Crippen molar-refractivity contribution in [1.29, 1.82) is 0 Å². The second kappa shape index (κ2) is 8.47. The van der Waals surface area contributed by atoms with Gasteiger partial charge in [-0.15, -0.1) is 10.2 Å². The molecule has 31 heavy (non-hydrogen) atoms. The lowest BCUT2D eigenvalue weighted by atomic mass is 9.91. The number of aromatic nitrogens is 5. The summed E-state index contributed by atoms with van der Waals surface area (Å²) in [5.74, 6) is 2.31. The van der Waals surface area contributed by atoms with Crippen LogP contribution < -0.4 is 0 Å². The van der Waals surface area contributed by atoms with Crippen LogP contribution in [-0.2, 0) is 13.1 Å². The van der Waals surface area contributed by atoms with Crippen molar-refractivity contribution in [3.63, 3.8) is 0 Å². The van der Waals surface area contributed by atoms with E-state index in [0.29, 0.717) is 30.0 Å². The topological polar surface area (TPSA) is 86.0 Å². The molecule has 4 aromatic rings. The van der Waals surface area contributed by atoms with Crippen molar-refractivity contribution in [2.75, 3.05) is 13.1 Å². The second-order valence-electron chi connectivity index (χ2n) is 8.01. The zero-order valence-corrected chi connectivity index (χ0v) is 17.9. The van der Waals surface area contributed by atoms with Gasteiger partial charge in [0.1, 0.15) is 17.0 Å². The highest BCUT2D eigenvalue weighted by Gasteiger charge is 2.25. The lowest BCUT2D eigenvalue weighted by Crippen LogP contribution is -2.32. The Morgan fingerprint density at radius 2 is 1.90 bits per heavy atom. The van der Waals surface area contributed by atoms with Crippen LogP contribution in [-0.4, -0.2) is 43.1 Å². The molecule has 0 radical (unpaired) electrons. The summed E-state index contributed by atoms with van der Waals surface area (Å²) in [4.78, 5) is 2.37. The number of piperidine rings is 1. The molecule has 0 unspecified atom stereocenters. The number of hydrogen-bond donors (Lipinski definition) is 0. The van der Waals surface area contributed by atoms with Gasteiger partial charge >= 0.3 is 0 Å². The molecule has 8 heteroatoms. The SMILES string of the molecule is CCn1cc(C2CCN(Cc3nnc(-c4c(-c5ccccc5)noc4C)o3)CC2)cn1. The average molecular weight is 419 g/mol. The summed E-state index contributed by atoms with van der Waals surface area (Å²) < 4.78 is 13.5. The van der Waals surface area contributed by atoms with E-state index in [0.717, 1.165) is 49.3 Å². The molecule has 0 amide bonds. The van der Waals surface area contributed by atoms with Crippen LogP contribution in [0.1, 0.15) is 42.9 Å². The molecule has 1 aliphatic heterocycles. The summed E-state index contributed by atoms with van der Waals surface area (Å²) in [6.07, 6.45) is 6.41. The van der Waals surface area contributed by atoms with Gasteiger partial charge in [0.25, 0.3) is 5.89 Å². The molecule has 0 bridgehead atoms. The maximum atomic E-state index is 6.03. The van der Waals surface area contributed by atoms with E-state index in [1.54, 1.807) is 0 Å². The van der Waals surface area contributed by atoms with Crippen molar-refractivity contribution in [3.8, 4) is 22.7 Å². The first-order valence-corrected chi connectivity index (χ1v) is 10.8. The van der Waals surface area contributed by atoms with Crippen LogP contribution in [0.4, 0.5) is 0 Å². The second-order valence-corrected chi connectivity index (χ2v) is 8.01. The molecular formula is C23H26N6O2. The Morgan fingerprint density at radius 3 is 2.65 bits per heavy atom. The number of benzene rings is 1. The van der Waals surface area contributed by atoms with Gasteiger partial charge in [-0.25, -0.2) is 0 Å². The van der Waals surface area contributed by atoms with E-state index in [4.69, 9.17) is 8.94 Å². The molecule has 8 nitrogen and oxygen atoms in total. The van der Waals surface area contributed by atoms with Crippen molar-refractivity contribution in [3.05, 3.63) is 59.9 Å². The molecule has 5 rings (SSSR count). The molecule has 0 N–H and O–H groups in total. The minimum atomic E-state index is 0.453. The van der Waals surface area contributed by atoms with E-state index < -0.39 is 0 Å². The number of likely N-dealkylation sites (tertiary alicyclic amines) is 1. The fraction of sp³-hybridized carbons (Fsp3) is 0.391. The molecule has 1 fully saturated rings. The molecule has 1 aliphatic rings. The lowest BCUT2D eigenvalue weighted by molar-refractivity contribution is 0.188. The highest BCUT2D eigenvalue weighted by Crippen LogP contribution is 2.34. The molecule has 4 heterocycles. The third-order valence-electron chi connectivity index (χ3n) is 5.99. The largest absolute Gasteiger partial charge is 0.419 e. The lowest BCUT2D eigenvalue weighted by Gasteiger charge is -2.30. The third kappa shape index (κ3) is 4.03. The van der Waals surface area contributed by atoms with Gasteiger partial charge in [0.05, 0.1) is 12.7 Å². The Labute approximate surface area is 180 Å². The Kier molecular flexibility index (Phi) is 5.38. The number of rotatable bonds is 6. The van der Waals surface area contributed by atoms with Gasteiger partial charge in [-0.1, -0.05) is 35.5 Å². The summed E-state index contributed by atoms with van der Waals surface area (Å²) in [6, 6.07) is 9.90. The molecule has 0 spiro atoms. The summed E-state index contributed by atoms with van der Waals surface area (Å²) in [7, 11) is 0. The van der Waals surface area contributed by atoms with E-state index in [1.165, 1.54) is 5.56 Å². The van der Waals surface area contributed by atoms with Crippen molar-refractivity contribution in [1.82, 2.24) is 30.0 Å². The van der Waals surface area contributed by atoms with Crippen LogP contribution in [0.25, 0.3) is 22.7 Å². The highest BCUT2D eigenvalue weighted by molar-refractivity contribution is 5.77. The van der Waals surface area contributed by atoms with Crippen LogP contribution in [0.2, 0.25) is 0 Å². The smallest absolute Gasteiger partial charge is 0.253 e. The van der Waals surface area contributed by atoms with E-state index in [9.17, 15) is 0 Å². The fourth-order valence-electron chi connectivity index (χ4n) is 4.21. The average Bonchev–Trinajstić information content (AvgIpc) is 3.55. The van der Waals surface area contributed by atoms with Gasteiger partial charge in [-0.2, -0.15) is 5.10 Å².